The van der Waals surface area contributed by atoms with Gasteiger partial charge in [0.05, 0.1) is 0 Å². The Kier molecular flexibility index (Phi) is 4.54. The van der Waals surface area contributed by atoms with Gasteiger partial charge in [0.15, 0.2) is 5.78 Å². The molecule has 0 aliphatic heterocycles. The van der Waals surface area contributed by atoms with Crippen molar-refractivity contribution in [3.63, 3.8) is 0 Å². The maximum Gasteiger partial charge on any atom is 0.311 e. The van der Waals surface area contributed by atoms with Crippen molar-refractivity contribution < 1.29 is 19.5 Å². The van der Waals surface area contributed by atoms with Gasteiger partial charge >= 0.3 is 5.97 Å². The third-order valence-corrected chi connectivity index (χ3v) is 1.60. The van der Waals surface area contributed by atoms with Gasteiger partial charge < -0.3 is 5.11 Å². The number of aliphatic carboxylic acids is 1. The first-order valence-electron chi connectivity index (χ1n) is 2.67. The fourth-order valence-corrected chi connectivity index (χ4v) is 0.593. The molecule has 0 unspecified atom stereocenters. The van der Waals surface area contributed by atoms with Gasteiger partial charge in [-0.2, -0.15) is 0 Å². The molecule has 4 nitrogen and oxygen atoms in total. The number of carboxylic acids is 1. The fourth-order valence-electron chi connectivity index (χ4n) is 0.382. The van der Waals surface area contributed by atoms with Crippen LogP contribution in [0.5, 0.6) is 0 Å². The number of hydrogen-bond acceptors (Lipinski definition) is 3. The normalized spacial score (nSPS) is 11.8. The van der Waals surface area contributed by atoms with Crippen LogP contribution in [0.3, 0.4) is 0 Å². The van der Waals surface area contributed by atoms with Crippen LogP contribution < -0.4 is 0 Å². The molecule has 0 aromatic carbocycles. The molecule has 1 N–H and O–H groups in total. The van der Waals surface area contributed by atoms with Crippen LogP contribution in [0.25, 0.3) is 0 Å². The number of hydrogen-bond donors (Lipinski definition) is 1. The summed E-state index contributed by atoms with van der Waals surface area (Å²) < 4.78 is 0. The minimum atomic E-state index is -1.34. The number of allylic oxidation sites excluding steroid dienone is 2. The van der Waals surface area contributed by atoms with Crippen LogP contribution in [-0.2, 0) is 14.4 Å². The van der Waals surface area contributed by atoms with Crippen LogP contribution in [-0.4, -0.2) is 23.1 Å². The molecule has 0 aliphatic rings. The predicted octanol–water partition coefficient (Wildman–Crippen LogP) is 0.829. The van der Waals surface area contributed by atoms with E-state index in [4.69, 9.17) is 28.3 Å². The molecule has 0 saturated heterocycles. The Hall–Kier alpha value is -0.870. The molecule has 0 heterocycles. The van der Waals surface area contributed by atoms with Gasteiger partial charge in [0.1, 0.15) is 16.5 Å². The van der Waals surface area contributed by atoms with Gasteiger partial charge in [0.2, 0.25) is 6.29 Å². The Bertz CT molecular complexity index is 256. The largest absolute Gasteiger partial charge is 0.481 e. The first-order chi connectivity index (χ1) is 5.49. The lowest BCUT2D eigenvalue weighted by Crippen LogP contribution is -2.07. The van der Waals surface area contributed by atoms with Crippen molar-refractivity contribution in [3.8, 4) is 0 Å². The average Bonchev–Trinajstić information content (AvgIpc) is 2.00. The van der Waals surface area contributed by atoms with E-state index < -0.39 is 28.2 Å². The summed E-state index contributed by atoms with van der Waals surface area (Å²) in [6.45, 7) is 0. The van der Waals surface area contributed by atoms with Gasteiger partial charge in [0.25, 0.3) is 0 Å². The molecule has 0 spiro atoms. The standard InChI is InChI=1S/C6H3Cl2O4/c7-3(2-9)6(8)4(10)1-5(11)12/h1H2,(H,11,12)/b6-3-. The molecule has 0 bridgehead atoms. The molecule has 0 saturated carbocycles. The van der Waals surface area contributed by atoms with Crippen molar-refractivity contribution >= 4 is 41.2 Å². The summed E-state index contributed by atoms with van der Waals surface area (Å²) in [4.78, 5) is 30.5. The summed E-state index contributed by atoms with van der Waals surface area (Å²) in [5.74, 6) is -2.26. The van der Waals surface area contributed by atoms with E-state index in [2.05, 4.69) is 0 Å². The molecule has 0 fully saturated rings. The summed E-state index contributed by atoms with van der Waals surface area (Å²) in [5, 5.41) is 6.93. The number of carbonyl (C=O) groups is 2. The van der Waals surface area contributed by atoms with Crippen LogP contribution in [0.2, 0.25) is 0 Å². The van der Waals surface area contributed by atoms with Crippen molar-refractivity contribution in [1.82, 2.24) is 0 Å². The summed E-state index contributed by atoms with van der Waals surface area (Å²) in [7, 11) is 0. The molecular formula is C6H3Cl2O4. The Morgan fingerprint density at radius 1 is 1.33 bits per heavy atom. The van der Waals surface area contributed by atoms with E-state index in [1.807, 2.05) is 0 Å². The van der Waals surface area contributed by atoms with E-state index in [-0.39, 0.29) is 0 Å². The number of Topliss-reactive ketones (excluding diaryl/α,β-unsaturated/α-hetero) is 1. The van der Waals surface area contributed by atoms with E-state index in [1.165, 1.54) is 6.29 Å². The Morgan fingerprint density at radius 3 is 2.17 bits per heavy atom. The highest BCUT2D eigenvalue weighted by atomic mass is 35.5. The first kappa shape index (κ1) is 11.1. The van der Waals surface area contributed by atoms with E-state index in [1.54, 1.807) is 0 Å². The van der Waals surface area contributed by atoms with Crippen molar-refractivity contribution in [3.05, 3.63) is 10.1 Å². The van der Waals surface area contributed by atoms with Gasteiger partial charge in [0, 0.05) is 0 Å². The zero-order valence-electron chi connectivity index (χ0n) is 5.63. The lowest BCUT2D eigenvalue weighted by Gasteiger charge is -1.93. The summed E-state index contributed by atoms with van der Waals surface area (Å²) in [6, 6.07) is 0. The zero-order valence-corrected chi connectivity index (χ0v) is 7.15. The molecular weight excluding hydrogens is 207 g/mol. The van der Waals surface area contributed by atoms with Gasteiger partial charge in [-0.15, -0.1) is 0 Å². The van der Waals surface area contributed by atoms with Crippen LogP contribution in [0.1, 0.15) is 6.42 Å². The number of carboxylic acid groups (broad SMARTS) is 1. The van der Waals surface area contributed by atoms with Crippen molar-refractivity contribution in [1.29, 1.82) is 0 Å². The third kappa shape index (κ3) is 3.50. The number of ketones is 1. The van der Waals surface area contributed by atoms with Gasteiger partial charge in [-0.1, -0.05) is 23.2 Å². The summed E-state index contributed by atoms with van der Waals surface area (Å²) in [6.07, 6.45) is 0.373. The van der Waals surface area contributed by atoms with Gasteiger partial charge in [-0.3, -0.25) is 14.4 Å². The average molecular weight is 210 g/mol. The van der Waals surface area contributed by atoms with E-state index in [0.29, 0.717) is 0 Å². The van der Waals surface area contributed by atoms with Crippen LogP contribution in [0.15, 0.2) is 10.1 Å². The minimum absolute atomic E-state index is 0.603. The number of rotatable bonds is 4. The quantitative estimate of drug-likeness (QED) is 0.550. The molecule has 0 aliphatic carbocycles. The molecule has 0 aromatic rings. The van der Waals surface area contributed by atoms with Crippen molar-refractivity contribution in [2.75, 3.05) is 0 Å². The number of halogens is 2. The highest BCUT2D eigenvalue weighted by Crippen LogP contribution is 2.14. The second-order valence-corrected chi connectivity index (χ2v) is 2.48. The van der Waals surface area contributed by atoms with E-state index in [9.17, 15) is 14.4 Å². The SMILES string of the molecule is O=[C]/C(Cl)=C(/Cl)C(=O)CC(=O)O. The third-order valence-electron chi connectivity index (χ3n) is 0.839. The second-order valence-electron chi connectivity index (χ2n) is 1.72. The van der Waals surface area contributed by atoms with Gasteiger partial charge in [-0.25, -0.2) is 0 Å². The maximum atomic E-state index is 10.7. The second kappa shape index (κ2) is 4.90. The smallest absolute Gasteiger partial charge is 0.311 e. The lowest BCUT2D eigenvalue weighted by molar-refractivity contribution is -0.139. The lowest BCUT2D eigenvalue weighted by atomic mass is 10.2. The maximum absolute atomic E-state index is 10.7. The molecule has 1 radical (unpaired) electrons. The highest BCUT2D eigenvalue weighted by molar-refractivity contribution is 6.52. The van der Waals surface area contributed by atoms with E-state index in [0.717, 1.165) is 0 Å². The van der Waals surface area contributed by atoms with E-state index >= 15 is 0 Å². The first-order valence-corrected chi connectivity index (χ1v) is 3.43. The molecule has 0 rings (SSSR count). The topological polar surface area (TPSA) is 71.4 Å². The monoisotopic (exact) mass is 209 g/mol. The molecule has 0 atom stereocenters. The Balaban J connectivity index is 4.49. The molecule has 0 amide bonds. The van der Waals surface area contributed by atoms with Crippen LogP contribution in [0.4, 0.5) is 0 Å². The fraction of sp³-hybridized carbons (Fsp3) is 0.167. The Labute approximate surface area is 77.8 Å². The Morgan fingerprint density at radius 2 is 1.83 bits per heavy atom. The van der Waals surface area contributed by atoms with Gasteiger partial charge in [-0.05, 0) is 0 Å². The summed E-state index contributed by atoms with van der Waals surface area (Å²) >= 11 is 10.3. The summed E-state index contributed by atoms with van der Waals surface area (Å²) in [5.41, 5.74) is 0. The number of carbonyl (C=O) groups excluding carboxylic acids is 2. The van der Waals surface area contributed by atoms with Crippen LogP contribution >= 0.6 is 23.2 Å². The zero-order chi connectivity index (χ0) is 9.72. The van der Waals surface area contributed by atoms with Crippen molar-refractivity contribution in [2.45, 2.75) is 6.42 Å². The minimum Gasteiger partial charge on any atom is -0.481 e. The molecule has 12 heavy (non-hydrogen) atoms. The predicted molar refractivity (Wildman–Crippen MR) is 41.7 cm³/mol. The molecule has 6 heteroatoms. The highest BCUT2D eigenvalue weighted by Gasteiger charge is 2.15. The molecule has 65 valence electrons. The van der Waals surface area contributed by atoms with Crippen molar-refractivity contribution in [2.24, 2.45) is 0 Å². The molecule has 0 aromatic heterocycles. The van der Waals surface area contributed by atoms with Crippen LogP contribution in [0, 0.1) is 0 Å².